The molecule has 0 saturated heterocycles. The molecule has 166 valence electrons. The van der Waals surface area contributed by atoms with E-state index >= 15 is 0 Å². The lowest BCUT2D eigenvalue weighted by Crippen LogP contribution is -2.21. The number of alkyl halides is 3. The molecule has 2 N–H and O–H groups in total. The molecule has 0 spiro atoms. The van der Waals surface area contributed by atoms with Crippen molar-refractivity contribution in [1.29, 1.82) is 0 Å². The second-order valence-electron chi connectivity index (χ2n) is 6.60. The van der Waals surface area contributed by atoms with E-state index in [0.717, 1.165) is 39.2 Å². The van der Waals surface area contributed by atoms with Crippen molar-refractivity contribution in [2.24, 2.45) is 0 Å². The van der Waals surface area contributed by atoms with E-state index in [1.165, 1.54) is 0 Å². The molecule has 2 aromatic carbocycles. The van der Waals surface area contributed by atoms with Gasteiger partial charge in [-0.2, -0.15) is 13.2 Å². The number of benzene rings is 2. The lowest BCUT2D eigenvalue weighted by Gasteiger charge is -2.09. The Labute approximate surface area is 173 Å². The van der Waals surface area contributed by atoms with Gasteiger partial charge in [0.1, 0.15) is 11.6 Å². The van der Waals surface area contributed by atoms with Gasteiger partial charge in [0.25, 0.3) is 10.0 Å². The molecule has 1 aliphatic rings. The van der Waals surface area contributed by atoms with E-state index in [1.807, 2.05) is 6.07 Å². The predicted octanol–water partition coefficient (Wildman–Crippen LogP) is 3.44. The first kappa shape index (κ1) is 22.7. The van der Waals surface area contributed by atoms with Gasteiger partial charge in [0.2, 0.25) is 0 Å². The molecule has 0 unspecified atom stereocenters. The Morgan fingerprint density at radius 1 is 1.06 bits per heavy atom. The van der Waals surface area contributed by atoms with Crippen molar-refractivity contribution in [3.63, 3.8) is 0 Å². The Morgan fingerprint density at radius 2 is 1.68 bits per heavy atom. The smallest absolute Gasteiger partial charge is 0.475 e. The molecule has 0 bridgehead atoms. The number of aromatic nitrogens is 1. The van der Waals surface area contributed by atoms with Gasteiger partial charge < -0.3 is 10.4 Å². The highest BCUT2D eigenvalue weighted by Gasteiger charge is 2.38. The summed E-state index contributed by atoms with van der Waals surface area (Å²) in [5.41, 5.74) is 2.45. The van der Waals surface area contributed by atoms with E-state index in [0.29, 0.717) is 24.5 Å². The van der Waals surface area contributed by atoms with Crippen LogP contribution < -0.4 is 5.32 Å². The molecule has 31 heavy (non-hydrogen) atoms. The van der Waals surface area contributed by atoms with Crippen molar-refractivity contribution in [3.05, 3.63) is 65.4 Å². The Kier molecular flexibility index (Phi) is 6.05. The van der Waals surface area contributed by atoms with Crippen LogP contribution in [0.15, 0.2) is 47.5 Å². The van der Waals surface area contributed by atoms with E-state index in [-0.39, 0.29) is 0 Å². The van der Waals surface area contributed by atoms with Crippen LogP contribution >= 0.6 is 0 Å². The van der Waals surface area contributed by atoms with Crippen LogP contribution in [-0.4, -0.2) is 36.2 Å². The van der Waals surface area contributed by atoms with E-state index in [9.17, 15) is 30.4 Å². The number of aliphatic carboxylic acids is 1. The molecular formula is C19H15F5N2O4S. The van der Waals surface area contributed by atoms with Crippen molar-refractivity contribution in [2.75, 3.05) is 6.54 Å². The third-order valence-electron chi connectivity index (χ3n) is 4.48. The predicted molar refractivity (Wildman–Crippen MR) is 100.0 cm³/mol. The van der Waals surface area contributed by atoms with Crippen LogP contribution in [0.25, 0.3) is 10.9 Å². The normalized spacial score (nSPS) is 14.0. The summed E-state index contributed by atoms with van der Waals surface area (Å²) in [4.78, 5) is 8.50. The third-order valence-corrected chi connectivity index (χ3v) is 6.13. The summed E-state index contributed by atoms with van der Waals surface area (Å²) >= 11 is 0. The molecule has 1 aliphatic heterocycles. The maximum atomic E-state index is 13.5. The molecule has 2 heterocycles. The summed E-state index contributed by atoms with van der Waals surface area (Å²) in [5.74, 6) is -4.60. The molecule has 1 aromatic heterocycles. The maximum absolute atomic E-state index is 13.5. The van der Waals surface area contributed by atoms with Crippen molar-refractivity contribution in [1.82, 2.24) is 9.29 Å². The summed E-state index contributed by atoms with van der Waals surface area (Å²) in [7, 11) is -4.08. The summed E-state index contributed by atoms with van der Waals surface area (Å²) in [6.45, 7) is 1.39. The van der Waals surface area contributed by atoms with Crippen LogP contribution in [-0.2, 0) is 27.8 Å². The van der Waals surface area contributed by atoms with Crippen LogP contribution in [0.5, 0.6) is 0 Å². The fraction of sp³-hybridized carbons (Fsp3) is 0.211. The van der Waals surface area contributed by atoms with Crippen LogP contribution in [0.2, 0.25) is 0 Å². The highest BCUT2D eigenvalue weighted by molar-refractivity contribution is 7.90. The SMILES string of the molecule is O=C(O)C(F)(F)F.O=S(=O)(c1cc(F)cc(F)c1)n1cc2c3c(cccc31)CNCC2. The van der Waals surface area contributed by atoms with E-state index < -0.39 is 38.7 Å². The first-order valence-corrected chi connectivity index (χ1v) is 10.2. The van der Waals surface area contributed by atoms with Crippen LogP contribution in [0.1, 0.15) is 11.1 Å². The van der Waals surface area contributed by atoms with Gasteiger partial charge in [0.15, 0.2) is 0 Å². The van der Waals surface area contributed by atoms with Gasteiger partial charge in [0.05, 0.1) is 10.4 Å². The Balaban J connectivity index is 0.000000339. The fourth-order valence-corrected chi connectivity index (χ4v) is 4.62. The zero-order valence-corrected chi connectivity index (χ0v) is 16.4. The van der Waals surface area contributed by atoms with Crippen molar-refractivity contribution < 1.29 is 40.3 Å². The molecule has 12 heteroatoms. The van der Waals surface area contributed by atoms with Crippen LogP contribution in [0.4, 0.5) is 22.0 Å². The Bertz CT molecular complexity index is 1230. The molecule has 3 aromatic rings. The minimum Gasteiger partial charge on any atom is -0.475 e. The highest BCUT2D eigenvalue weighted by atomic mass is 32.2. The quantitative estimate of drug-likeness (QED) is 0.570. The van der Waals surface area contributed by atoms with Crippen molar-refractivity contribution >= 4 is 26.9 Å². The molecule has 0 aliphatic carbocycles. The second-order valence-corrected chi connectivity index (χ2v) is 8.42. The van der Waals surface area contributed by atoms with Gasteiger partial charge in [-0.25, -0.2) is 26.0 Å². The summed E-state index contributed by atoms with van der Waals surface area (Å²) in [6, 6.07) is 7.76. The minimum absolute atomic E-state index is 0.399. The highest BCUT2D eigenvalue weighted by Crippen LogP contribution is 2.30. The van der Waals surface area contributed by atoms with E-state index in [4.69, 9.17) is 9.90 Å². The summed E-state index contributed by atoms with van der Waals surface area (Å²) in [5, 5.41) is 11.3. The first-order valence-electron chi connectivity index (χ1n) is 8.75. The molecule has 0 atom stereocenters. The third kappa shape index (κ3) is 4.69. The Morgan fingerprint density at radius 3 is 2.26 bits per heavy atom. The molecule has 6 nitrogen and oxygen atoms in total. The van der Waals surface area contributed by atoms with Gasteiger partial charge >= 0.3 is 12.1 Å². The lowest BCUT2D eigenvalue weighted by atomic mass is 10.1. The van der Waals surface area contributed by atoms with Crippen molar-refractivity contribution in [3.8, 4) is 0 Å². The maximum Gasteiger partial charge on any atom is 0.490 e. The summed E-state index contributed by atoms with van der Waals surface area (Å²) < 4.78 is 85.6. The zero-order valence-electron chi connectivity index (χ0n) is 15.6. The van der Waals surface area contributed by atoms with Gasteiger partial charge in [-0.1, -0.05) is 12.1 Å². The van der Waals surface area contributed by atoms with Crippen LogP contribution in [0, 0.1) is 11.6 Å². The second kappa shape index (κ2) is 8.27. The van der Waals surface area contributed by atoms with Gasteiger partial charge in [0, 0.05) is 24.2 Å². The average Bonchev–Trinajstić information content (AvgIpc) is 2.91. The first-order chi connectivity index (χ1) is 14.4. The zero-order chi connectivity index (χ0) is 23.0. The molecule has 0 radical (unpaired) electrons. The number of halogens is 5. The number of nitrogens with zero attached hydrogens (tertiary/aromatic N) is 1. The summed E-state index contributed by atoms with van der Waals surface area (Å²) in [6.07, 6.45) is -2.84. The number of carboxylic acid groups (broad SMARTS) is 1. The molecule has 0 amide bonds. The van der Waals surface area contributed by atoms with Gasteiger partial charge in [-0.05, 0) is 42.3 Å². The number of hydrogen-bond donors (Lipinski definition) is 2. The number of carbonyl (C=O) groups is 1. The largest absolute Gasteiger partial charge is 0.490 e. The molecular weight excluding hydrogens is 447 g/mol. The number of rotatable bonds is 2. The van der Waals surface area contributed by atoms with Gasteiger partial charge in [-0.15, -0.1) is 0 Å². The van der Waals surface area contributed by atoms with Crippen molar-refractivity contribution in [2.45, 2.75) is 24.0 Å². The Hall–Kier alpha value is -2.99. The standard InChI is InChI=1S/C17H14F2N2O2S.C2HF3O2/c18-13-6-14(19)8-15(7-13)24(22,23)21-10-12-4-5-20-9-11-2-1-3-16(21)17(11)12;3-2(4,5)1(6)7/h1-3,6-8,10,20H,4-5,9H2;(H,6,7). The molecule has 4 rings (SSSR count). The molecule has 0 saturated carbocycles. The van der Waals surface area contributed by atoms with Crippen LogP contribution in [0.3, 0.4) is 0 Å². The topological polar surface area (TPSA) is 88.4 Å². The van der Waals surface area contributed by atoms with E-state index in [2.05, 4.69) is 5.32 Å². The molecule has 0 fully saturated rings. The number of carboxylic acids is 1. The van der Waals surface area contributed by atoms with Gasteiger partial charge in [-0.3, -0.25) is 0 Å². The number of hydrogen-bond acceptors (Lipinski definition) is 4. The fourth-order valence-electron chi connectivity index (χ4n) is 3.19. The number of nitrogens with one attached hydrogen (secondary N) is 1. The lowest BCUT2D eigenvalue weighted by molar-refractivity contribution is -0.192. The minimum atomic E-state index is -5.08. The monoisotopic (exact) mass is 462 g/mol. The van der Waals surface area contributed by atoms with E-state index in [1.54, 1.807) is 18.3 Å². The average molecular weight is 462 g/mol.